The minimum absolute atomic E-state index is 0.0667. The average molecular weight is 575 g/mol. The number of fused-ring (bicyclic) bond motifs is 1. The summed E-state index contributed by atoms with van der Waals surface area (Å²) in [6.07, 6.45) is 4.58. The van der Waals surface area contributed by atoms with Crippen molar-refractivity contribution in [1.29, 1.82) is 0 Å². The number of anilines is 1. The van der Waals surface area contributed by atoms with Crippen LogP contribution in [0.1, 0.15) is 70.7 Å². The molecule has 9 nitrogen and oxygen atoms in total. The number of carbonyl (C=O) groups is 2. The first kappa shape index (κ1) is 28.2. The van der Waals surface area contributed by atoms with Crippen LogP contribution in [0.25, 0.3) is 0 Å². The third-order valence-corrected chi connectivity index (χ3v) is 10.9. The molecular weight excluding hydrogens is 536 g/mol. The summed E-state index contributed by atoms with van der Waals surface area (Å²) in [7, 11) is -3.59. The molecule has 2 aromatic rings. The number of thiophene rings is 1. The number of ether oxygens (including phenoxy) is 1. The lowest BCUT2D eigenvalue weighted by Gasteiger charge is -2.31. The predicted octanol–water partition coefficient (Wildman–Crippen LogP) is 3.80. The number of nitrogens with zero attached hydrogens (tertiary/aromatic N) is 3. The van der Waals surface area contributed by atoms with Crippen molar-refractivity contribution in [3.05, 3.63) is 45.8 Å². The van der Waals surface area contributed by atoms with E-state index in [1.807, 2.05) is 0 Å². The second kappa shape index (κ2) is 12.1. The van der Waals surface area contributed by atoms with Gasteiger partial charge in [0, 0.05) is 55.8 Å². The van der Waals surface area contributed by atoms with Gasteiger partial charge in [0.05, 0.1) is 23.7 Å². The van der Waals surface area contributed by atoms with Crippen LogP contribution in [0.15, 0.2) is 29.2 Å². The summed E-state index contributed by atoms with van der Waals surface area (Å²) in [4.78, 5) is 32.5. The van der Waals surface area contributed by atoms with Gasteiger partial charge in [-0.1, -0.05) is 12.8 Å². The predicted molar refractivity (Wildman–Crippen MR) is 152 cm³/mol. The number of hydrogen-bond acceptors (Lipinski definition) is 7. The number of nitrogens with one attached hydrogen (secondary N) is 1. The van der Waals surface area contributed by atoms with Crippen molar-refractivity contribution in [1.82, 2.24) is 14.1 Å². The fourth-order valence-electron chi connectivity index (χ4n) is 5.49. The zero-order chi connectivity index (χ0) is 27.6. The minimum Gasteiger partial charge on any atom is -0.378 e. The van der Waals surface area contributed by atoms with Crippen molar-refractivity contribution in [2.45, 2.75) is 63.4 Å². The Hall–Kier alpha value is -2.31. The van der Waals surface area contributed by atoms with Crippen LogP contribution in [0.5, 0.6) is 0 Å². The summed E-state index contributed by atoms with van der Waals surface area (Å²) >= 11 is 1.47. The van der Waals surface area contributed by atoms with Crippen LogP contribution in [0.4, 0.5) is 5.00 Å². The molecule has 212 valence electrons. The molecule has 2 saturated heterocycles. The van der Waals surface area contributed by atoms with Crippen LogP contribution in [0.2, 0.25) is 0 Å². The minimum atomic E-state index is -3.59. The van der Waals surface area contributed by atoms with Gasteiger partial charge in [-0.25, -0.2) is 8.42 Å². The highest BCUT2D eigenvalue weighted by Gasteiger charge is 2.32. The largest absolute Gasteiger partial charge is 0.378 e. The normalized spacial score (nSPS) is 19.5. The van der Waals surface area contributed by atoms with Gasteiger partial charge in [0.2, 0.25) is 10.0 Å². The first-order valence-electron chi connectivity index (χ1n) is 13.9. The first-order chi connectivity index (χ1) is 18.8. The van der Waals surface area contributed by atoms with Gasteiger partial charge < -0.3 is 15.0 Å². The quantitative estimate of drug-likeness (QED) is 0.564. The van der Waals surface area contributed by atoms with Crippen molar-refractivity contribution in [2.75, 3.05) is 51.3 Å². The number of rotatable bonds is 6. The van der Waals surface area contributed by atoms with Crippen molar-refractivity contribution < 1.29 is 22.7 Å². The molecule has 0 aliphatic carbocycles. The third kappa shape index (κ3) is 6.07. The molecule has 0 spiro atoms. The lowest BCUT2D eigenvalue weighted by atomic mass is 10.0. The van der Waals surface area contributed by atoms with Crippen molar-refractivity contribution in [2.24, 2.45) is 0 Å². The molecule has 0 saturated carbocycles. The van der Waals surface area contributed by atoms with Crippen LogP contribution in [0.3, 0.4) is 0 Å². The molecule has 0 bridgehead atoms. The van der Waals surface area contributed by atoms with Crippen molar-refractivity contribution in [3.63, 3.8) is 0 Å². The molecule has 1 aromatic heterocycles. The molecular formula is C28H38N4O5S2. The number of morpholine rings is 1. The van der Waals surface area contributed by atoms with E-state index >= 15 is 0 Å². The summed E-state index contributed by atoms with van der Waals surface area (Å²) in [5.74, 6) is -0.424. The van der Waals surface area contributed by atoms with E-state index in [0.717, 1.165) is 55.6 Å². The van der Waals surface area contributed by atoms with Crippen LogP contribution in [0, 0.1) is 0 Å². The van der Waals surface area contributed by atoms with E-state index in [4.69, 9.17) is 4.74 Å². The molecule has 2 fully saturated rings. The zero-order valence-corrected chi connectivity index (χ0v) is 24.4. The summed E-state index contributed by atoms with van der Waals surface area (Å²) < 4.78 is 33.3. The van der Waals surface area contributed by atoms with Gasteiger partial charge in [0.15, 0.2) is 0 Å². The molecule has 3 aliphatic heterocycles. The van der Waals surface area contributed by atoms with E-state index in [-0.39, 0.29) is 16.7 Å². The maximum atomic E-state index is 13.7. The fraction of sp³-hybridized carbons (Fsp3) is 0.571. The topological polar surface area (TPSA) is 99.3 Å². The number of sulfonamides is 1. The van der Waals surface area contributed by atoms with Crippen molar-refractivity contribution >= 4 is 38.2 Å². The Kier molecular flexibility index (Phi) is 8.72. The Morgan fingerprint density at radius 1 is 0.949 bits per heavy atom. The van der Waals surface area contributed by atoms with Crippen LogP contribution < -0.4 is 5.32 Å². The molecule has 0 radical (unpaired) electrons. The maximum absolute atomic E-state index is 13.7. The molecule has 5 rings (SSSR count). The Bertz CT molecular complexity index is 1290. The Balaban J connectivity index is 1.38. The first-order valence-corrected chi connectivity index (χ1v) is 16.2. The van der Waals surface area contributed by atoms with Gasteiger partial charge in [-0.05, 0) is 62.9 Å². The van der Waals surface area contributed by atoms with E-state index in [1.54, 1.807) is 21.3 Å². The second-order valence-electron chi connectivity index (χ2n) is 10.7. The molecule has 4 heterocycles. The van der Waals surface area contributed by atoms with Gasteiger partial charge in [0.25, 0.3) is 11.8 Å². The number of hydrogen-bond donors (Lipinski definition) is 1. The maximum Gasteiger partial charge on any atom is 0.257 e. The molecule has 2 amide bonds. The smallest absolute Gasteiger partial charge is 0.257 e. The monoisotopic (exact) mass is 574 g/mol. The molecule has 11 heteroatoms. The molecule has 0 unspecified atom stereocenters. The summed E-state index contributed by atoms with van der Waals surface area (Å²) in [5, 5.41) is 3.56. The summed E-state index contributed by atoms with van der Waals surface area (Å²) in [6, 6.07) is 6.51. The van der Waals surface area contributed by atoms with E-state index in [2.05, 4.69) is 24.1 Å². The number of carbonyl (C=O) groups excluding carboxylic acids is 2. The third-order valence-electron chi connectivity index (χ3n) is 7.88. The SMILES string of the molecule is CC(C)N1CCc2c(sc(NC(=O)c3ccc(S(=O)(=O)N4CCCCCC4)cc3)c2C(=O)N2CCOCC2)C1. The zero-order valence-electron chi connectivity index (χ0n) is 22.8. The van der Waals surface area contributed by atoms with Gasteiger partial charge >= 0.3 is 0 Å². The van der Waals surface area contributed by atoms with E-state index in [1.165, 1.54) is 23.5 Å². The van der Waals surface area contributed by atoms with E-state index < -0.39 is 10.0 Å². The van der Waals surface area contributed by atoms with Gasteiger partial charge in [-0.3, -0.25) is 14.5 Å². The highest BCUT2D eigenvalue weighted by molar-refractivity contribution is 7.89. The fourth-order valence-corrected chi connectivity index (χ4v) is 8.27. The van der Waals surface area contributed by atoms with Gasteiger partial charge in [-0.2, -0.15) is 4.31 Å². The summed E-state index contributed by atoms with van der Waals surface area (Å²) in [5.41, 5.74) is 1.97. The van der Waals surface area contributed by atoms with E-state index in [0.29, 0.717) is 61.6 Å². The molecule has 0 atom stereocenters. The lowest BCUT2D eigenvalue weighted by Crippen LogP contribution is -2.41. The van der Waals surface area contributed by atoms with Crippen LogP contribution >= 0.6 is 11.3 Å². The lowest BCUT2D eigenvalue weighted by molar-refractivity contribution is 0.0302. The van der Waals surface area contributed by atoms with Crippen molar-refractivity contribution in [3.8, 4) is 0 Å². The Labute approximate surface area is 235 Å². The molecule has 39 heavy (non-hydrogen) atoms. The summed E-state index contributed by atoms with van der Waals surface area (Å²) in [6.45, 7) is 9.08. The van der Waals surface area contributed by atoms with Gasteiger partial charge in [-0.15, -0.1) is 11.3 Å². The van der Waals surface area contributed by atoms with Gasteiger partial charge in [0.1, 0.15) is 5.00 Å². The molecule has 1 N–H and O–H groups in total. The highest BCUT2D eigenvalue weighted by Crippen LogP contribution is 2.39. The molecule has 3 aliphatic rings. The second-order valence-corrected chi connectivity index (χ2v) is 13.8. The highest BCUT2D eigenvalue weighted by atomic mass is 32.2. The number of benzene rings is 1. The number of amides is 2. The standard InChI is InChI=1S/C28H38N4O5S2/c1-20(2)31-14-11-23-24(19-31)38-27(25(23)28(34)30-15-17-37-18-16-30)29-26(33)21-7-9-22(10-8-21)39(35,36)32-12-5-3-4-6-13-32/h7-10,20H,3-6,11-19H2,1-2H3,(H,29,33). The van der Waals surface area contributed by atoms with Crippen LogP contribution in [-0.4, -0.2) is 86.3 Å². The molecule has 1 aromatic carbocycles. The van der Waals surface area contributed by atoms with Crippen LogP contribution in [-0.2, 0) is 27.7 Å². The average Bonchev–Trinajstić information content (AvgIpc) is 3.09. The Morgan fingerprint density at radius 2 is 1.62 bits per heavy atom. The Morgan fingerprint density at radius 3 is 2.26 bits per heavy atom. The van der Waals surface area contributed by atoms with E-state index in [9.17, 15) is 18.0 Å².